The van der Waals surface area contributed by atoms with Crippen LogP contribution in [-0.4, -0.2) is 63.3 Å². The molecule has 10 heteroatoms. The standard InChI is InChI=1S/C19H27N5O4S/c1-19(26)9-3-4-15(19)24-16(25)6-5-13-12-20-18(22-17(13)24)21-14-7-10-23(11-8-14)29(2,27)28/h5-6,12,14-15,26H,3-4,7-11H2,1-2H3,(H,20,21,22)/t15-,19-/m1/s1/i14D. The van der Waals surface area contributed by atoms with Crippen LogP contribution >= 0.6 is 0 Å². The summed E-state index contributed by atoms with van der Waals surface area (Å²) < 4.78 is 35.0. The molecule has 29 heavy (non-hydrogen) atoms. The first kappa shape index (κ1) is 19.0. The number of fused-ring (bicyclic) bond motifs is 1. The van der Waals surface area contributed by atoms with Crippen LogP contribution in [0.25, 0.3) is 11.0 Å². The lowest BCUT2D eigenvalue weighted by molar-refractivity contribution is 0.0267. The normalized spacial score (nSPS) is 28.4. The summed E-state index contributed by atoms with van der Waals surface area (Å²) >= 11 is 0. The molecule has 2 aliphatic rings. The van der Waals surface area contributed by atoms with E-state index >= 15 is 0 Å². The lowest BCUT2D eigenvalue weighted by Crippen LogP contribution is -2.42. The molecule has 1 aliphatic heterocycles. The van der Waals surface area contributed by atoms with E-state index in [4.69, 9.17) is 1.37 Å². The highest BCUT2D eigenvalue weighted by atomic mass is 32.2. The average molecular weight is 423 g/mol. The SMILES string of the molecule is [2H]C1(Nc2ncc3ccc(=O)n([C@@H]4CCC[C@@]4(C)O)c3n2)CCN(S(C)(=O)=O)CC1. The van der Waals surface area contributed by atoms with Crippen LogP contribution in [0.1, 0.15) is 46.4 Å². The van der Waals surface area contributed by atoms with E-state index in [1.165, 1.54) is 21.2 Å². The van der Waals surface area contributed by atoms with E-state index in [9.17, 15) is 18.3 Å². The molecule has 2 aromatic heterocycles. The highest BCUT2D eigenvalue weighted by Gasteiger charge is 2.39. The third kappa shape index (κ3) is 4.01. The highest BCUT2D eigenvalue weighted by molar-refractivity contribution is 7.88. The van der Waals surface area contributed by atoms with E-state index in [0.717, 1.165) is 6.42 Å². The Hall–Kier alpha value is -2.04. The van der Waals surface area contributed by atoms with E-state index in [1.807, 2.05) is 0 Å². The minimum Gasteiger partial charge on any atom is -0.388 e. The van der Waals surface area contributed by atoms with E-state index in [-0.39, 0.29) is 30.6 Å². The predicted molar refractivity (Wildman–Crippen MR) is 110 cm³/mol. The number of nitrogens with one attached hydrogen (secondary N) is 1. The Labute approximate surface area is 171 Å². The summed E-state index contributed by atoms with van der Waals surface area (Å²) in [6.07, 6.45) is 5.47. The Morgan fingerprint density at radius 1 is 1.31 bits per heavy atom. The number of rotatable bonds is 4. The molecule has 0 radical (unpaired) electrons. The molecule has 2 aromatic rings. The van der Waals surface area contributed by atoms with Gasteiger partial charge in [-0.05, 0) is 45.1 Å². The van der Waals surface area contributed by atoms with Crippen LogP contribution in [0.15, 0.2) is 23.1 Å². The van der Waals surface area contributed by atoms with Gasteiger partial charge in [-0.3, -0.25) is 9.36 Å². The summed E-state index contributed by atoms with van der Waals surface area (Å²) in [4.78, 5) is 21.5. The number of hydrogen-bond donors (Lipinski definition) is 2. The van der Waals surface area contributed by atoms with Crippen molar-refractivity contribution in [2.75, 3.05) is 24.7 Å². The van der Waals surface area contributed by atoms with E-state index in [1.54, 1.807) is 19.2 Å². The summed E-state index contributed by atoms with van der Waals surface area (Å²) in [5, 5.41) is 14.5. The first-order valence-electron chi connectivity index (χ1n) is 10.3. The maximum absolute atomic E-state index is 12.7. The minimum atomic E-state index is -3.28. The molecule has 158 valence electrons. The molecule has 0 bridgehead atoms. The number of piperidine rings is 1. The van der Waals surface area contributed by atoms with Crippen LogP contribution in [0.4, 0.5) is 5.95 Å². The van der Waals surface area contributed by atoms with Crippen molar-refractivity contribution in [3.63, 3.8) is 0 Å². The van der Waals surface area contributed by atoms with Crippen LogP contribution < -0.4 is 10.9 Å². The molecule has 4 rings (SSSR count). The second-order valence-corrected chi connectivity index (χ2v) is 10.2. The second-order valence-electron chi connectivity index (χ2n) is 8.17. The fraction of sp³-hybridized carbons (Fsp3) is 0.632. The van der Waals surface area contributed by atoms with Gasteiger partial charge in [-0.15, -0.1) is 0 Å². The minimum absolute atomic E-state index is 0.210. The zero-order valence-corrected chi connectivity index (χ0v) is 17.4. The van der Waals surface area contributed by atoms with Crippen molar-refractivity contribution in [3.05, 3.63) is 28.7 Å². The van der Waals surface area contributed by atoms with Crippen molar-refractivity contribution in [2.45, 2.75) is 56.7 Å². The van der Waals surface area contributed by atoms with Crippen LogP contribution in [0.2, 0.25) is 0 Å². The third-order valence-corrected chi connectivity index (χ3v) is 7.24. The van der Waals surface area contributed by atoms with Gasteiger partial charge in [0.05, 0.1) is 19.3 Å². The van der Waals surface area contributed by atoms with Crippen molar-refractivity contribution < 1.29 is 14.9 Å². The number of pyridine rings is 1. The molecule has 1 saturated carbocycles. The highest BCUT2D eigenvalue weighted by Crippen LogP contribution is 2.39. The first-order valence-corrected chi connectivity index (χ1v) is 11.7. The number of nitrogens with zero attached hydrogens (tertiary/aromatic N) is 4. The van der Waals surface area contributed by atoms with Gasteiger partial charge in [0, 0.05) is 36.8 Å². The molecule has 3 heterocycles. The molecule has 2 fully saturated rings. The van der Waals surface area contributed by atoms with Crippen molar-refractivity contribution in [1.82, 2.24) is 18.8 Å². The van der Waals surface area contributed by atoms with E-state index in [2.05, 4.69) is 15.3 Å². The number of aliphatic hydroxyl groups is 1. The van der Waals surface area contributed by atoms with E-state index in [0.29, 0.717) is 36.7 Å². The fourth-order valence-electron chi connectivity index (χ4n) is 4.31. The molecule has 0 spiro atoms. The van der Waals surface area contributed by atoms with Gasteiger partial charge in [-0.2, -0.15) is 4.98 Å². The fourth-order valence-corrected chi connectivity index (χ4v) is 5.15. The van der Waals surface area contributed by atoms with Gasteiger partial charge in [0.25, 0.3) is 5.56 Å². The van der Waals surface area contributed by atoms with Gasteiger partial charge in [-0.25, -0.2) is 17.7 Å². The Morgan fingerprint density at radius 2 is 2.03 bits per heavy atom. The molecule has 2 atom stereocenters. The summed E-state index contributed by atoms with van der Waals surface area (Å²) in [6, 6.07) is 1.63. The van der Waals surface area contributed by atoms with Crippen molar-refractivity contribution in [3.8, 4) is 0 Å². The number of anilines is 1. The monoisotopic (exact) mass is 422 g/mol. The average Bonchev–Trinajstić information content (AvgIpc) is 2.99. The van der Waals surface area contributed by atoms with E-state index < -0.39 is 21.6 Å². The van der Waals surface area contributed by atoms with Gasteiger partial charge in [-0.1, -0.05) is 0 Å². The summed E-state index contributed by atoms with van der Waals surface area (Å²) in [5.41, 5.74) is -0.808. The number of hydrogen-bond acceptors (Lipinski definition) is 7. The molecule has 1 saturated heterocycles. The molecule has 0 unspecified atom stereocenters. The van der Waals surface area contributed by atoms with Crippen molar-refractivity contribution in [2.24, 2.45) is 0 Å². The van der Waals surface area contributed by atoms with Crippen LogP contribution in [0.3, 0.4) is 0 Å². The second kappa shape index (κ2) is 7.33. The topological polar surface area (TPSA) is 117 Å². The first-order chi connectivity index (χ1) is 14.0. The lowest BCUT2D eigenvalue weighted by atomic mass is 10.00. The molecule has 2 N–H and O–H groups in total. The Morgan fingerprint density at radius 3 is 2.66 bits per heavy atom. The maximum Gasteiger partial charge on any atom is 0.252 e. The quantitative estimate of drug-likeness (QED) is 0.758. The number of aromatic nitrogens is 3. The zero-order chi connectivity index (χ0) is 21.7. The van der Waals surface area contributed by atoms with Crippen molar-refractivity contribution >= 4 is 27.0 Å². The van der Waals surface area contributed by atoms with Gasteiger partial charge in [0.15, 0.2) is 0 Å². The molecule has 9 nitrogen and oxygen atoms in total. The Bertz CT molecular complexity index is 1130. The largest absolute Gasteiger partial charge is 0.388 e. The molecule has 0 aromatic carbocycles. The van der Waals surface area contributed by atoms with Crippen molar-refractivity contribution in [1.29, 1.82) is 0 Å². The Kier molecular flexibility index (Phi) is 4.79. The summed E-state index contributed by atoms with van der Waals surface area (Å²) in [7, 11) is -3.28. The van der Waals surface area contributed by atoms with Crippen LogP contribution in [-0.2, 0) is 10.0 Å². The molecule has 1 aliphatic carbocycles. The van der Waals surface area contributed by atoms with Gasteiger partial charge < -0.3 is 10.4 Å². The zero-order valence-electron chi connectivity index (χ0n) is 17.6. The van der Waals surface area contributed by atoms with Crippen LogP contribution in [0.5, 0.6) is 0 Å². The smallest absolute Gasteiger partial charge is 0.252 e. The predicted octanol–water partition coefficient (Wildman–Crippen LogP) is 1.10. The number of sulfonamides is 1. The Balaban J connectivity index is 1.65. The third-order valence-electron chi connectivity index (χ3n) is 5.94. The molecular weight excluding hydrogens is 394 g/mol. The maximum atomic E-state index is 12.7. The molecule has 0 amide bonds. The summed E-state index contributed by atoms with van der Waals surface area (Å²) in [6.45, 7) is 2.24. The van der Waals surface area contributed by atoms with Crippen LogP contribution in [0, 0.1) is 0 Å². The van der Waals surface area contributed by atoms with Gasteiger partial charge >= 0.3 is 0 Å². The molecular formula is C19H27N5O4S. The van der Waals surface area contributed by atoms with Gasteiger partial charge in [0.1, 0.15) is 5.65 Å². The lowest BCUT2D eigenvalue weighted by Gasteiger charge is -2.31. The summed E-state index contributed by atoms with van der Waals surface area (Å²) in [5.74, 6) is 0.210. The van der Waals surface area contributed by atoms with Gasteiger partial charge in [0.2, 0.25) is 16.0 Å².